The molecule has 0 aliphatic carbocycles. The highest BCUT2D eigenvalue weighted by molar-refractivity contribution is 5.94. The van der Waals surface area contributed by atoms with E-state index in [2.05, 4.69) is 15.0 Å². The van der Waals surface area contributed by atoms with Gasteiger partial charge in [-0.15, -0.1) is 0 Å². The normalized spacial score (nSPS) is 20.0. The highest BCUT2D eigenvalue weighted by Crippen LogP contribution is 2.23. The van der Waals surface area contributed by atoms with E-state index in [-0.39, 0.29) is 17.8 Å². The zero-order valence-electron chi connectivity index (χ0n) is 17.1. The molecule has 1 aromatic carbocycles. The van der Waals surface area contributed by atoms with E-state index in [4.69, 9.17) is 9.84 Å². The lowest BCUT2D eigenvalue weighted by Crippen LogP contribution is -2.29. The number of methoxy groups -OCH3 is 1. The Bertz CT molecular complexity index is 863. The second-order valence-electron chi connectivity index (χ2n) is 7.12. The predicted octanol–water partition coefficient (Wildman–Crippen LogP) is 2.76. The smallest absolute Gasteiger partial charge is 0.253 e. The molecule has 164 valence electrons. The van der Waals surface area contributed by atoms with Crippen molar-refractivity contribution < 1.29 is 33.3 Å². The second-order valence-corrected chi connectivity index (χ2v) is 7.12. The zero-order valence-corrected chi connectivity index (χ0v) is 17.1. The molecular formula is C21H26F2N2O5. The first-order valence-corrected chi connectivity index (χ1v) is 9.42. The number of amides is 1. The Kier molecular flexibility index (Phi) is 8.22. The summed E-state index contributed by atoms with van der Waals surface area (Å²) in [5.41, 5.74) is -0.602. The molecule has 1 saturated heterocycles. The summed E-state index contributed by atoms with van der Waals surface area (Å²) in [6.07, 6.45) is 2.74. The van der Waals surface area contributed by atoms with Crippen LogP contribution in [0.1, 0.15) is 32.4 Å². The number of nitrogens with one attached hydrogen (secondary N) is 1. The molecule has 0 saturated carbocycles. The molecule has 0 spiro atoms. The lowest BCUT2D eigenvalue weighted by atomic mass is 10.0. The number of nitrogens with zero attached hydrogens (tertiary/aromatic N) is 1. The van der Waals surface area contributed by atoms with Crippen molar-refractivity contribution in [1.29, 1.82) is 0 Å². The number of carbonyl (C=O) groups excluding carboxylic acids is 1. The van der Waals surface area contributed by atoms with Crippen molar-refractivity contribution in [3.8, 4) is 5.75 Å². The average molecular weight is 424 g/mol. The average Bonchev–Trinajstić information content (AvgIpc) is 3.17. The van der Waals surface area contributed by atoms with Gasteiger partial charge in [-0.05, 0) is 51.0 Å². The summed E-state index contributed by atoms with van der Waals surface area (Å²) in [6, 6.07) is 6.97. The fourth-order valence-electron chi connectivity index (χ4n) is 2.74. The summed E-state index contributed by atoms with van der Waals surface area (Å²) < 4.78 is 34.8. The first-order chi connectivity index (χ1) is 14.2. The molecule has 9 heteroatoms. The third kappa shape index (κ3) is 6.19. The molecular weight excluding hydrogens is 398 g/mol. The molecule has 1 aromatic heterocycles. The van der Waals surface area contributed by atoms with Crippen molar-refractivity contribution in [3.63, 3.8) is 0 Å². The maximum atomic E-state index is 12.5. The molecule has 3 N–H and O–H groups in total. The van der Waals surface area contributed by atoms with Gasteiger partial charge in [-0.3, -0.25) is 9.78 Å². The summed E-state index contributed by atoms with van der Waals surface area (Å²) in [4.78, 5) is 16.0. The standard InChI is InChI=1S/C14H20N2O4.C7H6F2O/c1-9-3-4-11(20-9)13(18)16-10-5-6-15-12(7-10)14(2,19)8-17;1-10-6-4-2-3-5(8)7(6)9/h5-7,9,11,17,19H,3-4,8H2,1-2H3,(H,15,16,18);2-4H,1H3/t9?,11?,14-;/m1./s1. The molecule has 2 aromatic rings. The Morgan fingerprint density at radius 1 is 1.37 bits per heavy atom. The van der Waals surface area contributed by atoms with Gasteiger partial charge >= 0.3 is 0 Å². The molecule has 0 radical (unpaired) electrons. The topological polar surface area (TPSA) is 101 Å². The van der Waals surface area contributed by atoms with Gasteiger partial charge in [0.1, 0.15) is 11.7 Å². The summed E-state index contributed by atoms with van der Waals surface area (Å²) >= 11 is 0. The van der Waals surface area contributed by atoms with Crippen LogP contribution < -0.4 is 10.1 Å². The quantitative estimate of drug-likeness (QED) is 0.683. The Balaban J connectivity index is 0.000000269. The van der Waals surface area contributed by atoms with Crippen LogP contribution in [-0.4, -0.2) is 47.0 Å². The number of ether oxygens (including phenoxy) is 2. The SMILES string of the molecule is CC1CCC(C(=O)Nc2ccnc([C@](C)(O)CO)c2)O1.COc1cccc(F)c1F. The van der Waals surface area contributed by atoms with Crippen LogP contribution in [0.5, 0.6) is 5.75 Å². The molecule has 3 atom stereocenters. The third-order valence-corrected chi connectivity index (χ3v) is 4.55. The van der Waals surface area contributed by atoms with E-state index in [0.717, 1.165) is 12.5 Å². The number of pyridine rings is 1. The van der Waals surface area contributed by atoms with E-state index >= 15 is 0 Å². The van der Waals surface area contributed by atoms with E-state index in [9.17, 15) is 18.7 Å². The number of rotatable bonds is 5. The van der Waals surface area contributed by atoms with Crippen LogP contribution in [0.2, 0.25) is 0 Å². The van der Waals surface area contributed by atoms with Crippen LogP contribution in [0.4, 0.5) is 14.5 Å². The first-order valence-electron chi connectivity index (χ1n) is 9.42. The molecule has 2 unspecified atom stereocenters. The van der Waals surface area contributed by atoms with Crippen molar-refractivity contribution in [2.24, 2.45) is 0 Å². The fraction of sp³-hybridized carbons (Fsp3) is 0.429. The third-order valence-electron chi connectivity index (χ3n) is 4.55. The Hall–Kier alpha value is -2.62. The molecule has 1 aliphatic rings. The zero-order chi connectivity index (χ0) is 22.3. The van der Waals surface area contributed by atoms with Crippen molar-refractivity contribution in [2.75, 3.05) is 19.0 Å². The minimum atomic E-state index is -1.43. The summed E-state index contributed by atoms with van der Waals surface area (Å²) in [5.74, 6) is -2.10. The summed E-state index contributed by atoms with van der Waals surface area (Å²) in [7, 11) is 1.29. The van der Waals surface area contributed by atoms with Gasteiger partial charge in [-0.25, -0.2) is 4.39 Å². The van der Waals surface area contributed by atoms with Crippen LogP contribution >= 0.6 is 0 Å². The van der Waals surface area contributed by atoms with Crippen LogP contribution in [0.15, 0.2) is 36.5 Å². The number of carbonyl (C=O) groups is 1. The Labute approximate surface area is 173 Å². The van der Waals surface area contributed by atoms with E-state index in [0.29, 0.717) is 17.8 Å². The highest BCUT2D eigenvalue weighted by atomic mass is 19.2. The van der Waals surface area contributed by atoms with Gasteiger partial charge in [-0.1, -0.05) is 6.07 Å². The van der Waals surface area contributed by atoms with E-state index in [1.54, 1.807) is 12.1 Å². The van der Waals surface area contributed by atoms with Gasteiger partial charge in [0.25, 0.3) is 5.91 Å². The van der Waals surface area contributed by atoms with Crippen LogP contribution in [0, 0.1) is 11.6 Å². The van der Waals surface area contributed by atoms with Gasteiger partial charge in [-0.2, -0.15) is 4.39 Å². The van der Waals surface area contributed by atoms with Gasteiger partial charge in [0.2, 0.25) is 5.82 Å². The van der Waals surface area contributed by atoms with E-state index in [1.807, 2.05) is 6.92 Å². The van der Waals surface area contributed by atoms with Gasteiger partial charge in [0, 0.05) is 11.9 Å². The van der Waals surface area contributed by atoms with Gasteiger partial charge < -0.3 is 25.0 Å². The molecule has 3 rings (SSSR count). The number of aliphatic hydroxyl groups excluding tert-OH is 1. The second kappa shape index (κ2) is 10.4. The lowest BCUT2D eigenvalue weighted by Gasteiger charge is -2.20. The minimum absolute atomic E-state index is 0.0694. The van der Waals surface area contributed by atoms with Crippen molar-refractivity contribution >= 4 is 11.6 Å². The van der Waals surface area contributed by atoms with E-state index in [1.165, 1.54) is 32.4 Å². The lowest BCUT2D eigenvalue weighted by molar-refractivity contribution is -0.126. The van der Waals surface area contributed by atoms with Gasteiger partial charge in [0.15, 0.2) is 11.6 Å². The molecule has 7 nitrogen and oxygen atoms in total. The number of anilines is 1. The fourth-order valence-corrected chi connectivity index (χ4v) is 2.74. The van der Waals surface area contributed by atoms with Crippen molar-refractivity contribution in [1.82, 2.24) is 4.98 Å². The van der Waals surface area contributed by atoms with Crippen LogP contribution in [-0.2, 0) is 15.1 Å². The van der Waals surface area contributed by atoms with Crippen LogP contribution in [0.3, 0.4) is 0 Å². The number of halogens is 2. The number of hydrogen-bond acceptors (Lipinski definition) is 6. The number of aromatic nitrogens is 1. The number of benzene rings is 1. The molecule has 1 fully saturated rings. The monoisotopic (exact) mass is 424 g/mol. The maximum absolute atomic E-state index is 12.5. The minimum Gasteiger partial charge on any atom is -0.494 e. The molecule has 1 aliphatic heterocycles. The van der Waals surface area contributed by atoms with Gasteiger partial charge in [0.05, 0.1) is 25.5 Å². The number of hydrogen-bond donors (Lipinski definition) is 3. The largest absolute Gasteiger partial charge is 0.494 e. The number of aliphatic hydroxyl groups is 2. The first kappa shape index (κ1) is 23.7. The predicted molar refractivity (Wildman–Crippen MR) is 106 cm³/mol. The Morgan fingerprint density at radius 3 is 2.67 bits per heavy atom. The van der Waals surface area contributed by atoms with Crippen molar-refractivity contribution in [3.05, 3.63) is 53.9 Å². The van der Waals surface area contributed by atoms with Crippen LogP contribution in [0.25, 0.3) is 0 Å². The molecule has 2 heterocycles. The summed E-state index contributed by atoms with van der Waals surface area (Å²) in [5, 5.41) is 21.8. The van der Waals surface area contributed by atoms with E-state index < -0.39 is 29.9 Å². The Morgan fingerprint density at radius 2 is 2.10 bits per heavy atom. The molecule has 30 heavy (non-hydrogen) atoms. The molecule has 0 bridgehead atoms. The molecule has 1 amide bonds. The van der Waals surface area contributed by atoms with Crippen molar-refractivity contribution in [2.45, 2.75) is 44.5 Å². The highest BCUT2D eigenvalue weighted by Gasteiger charge is 2.29. The summed E-state index contributed by atoms with van der Waals surface area (Å²) in [6.45, 7) is 2.96. The maximum Gasteiger partial charge on any atom is 0.253 e.